The molecule has 1 aromatic heterocycles. The fraction of sp³-hybridized carbons (Fsp3) is 0.208. The summed E-state index contributed by atoms with van der Waals surface area (Å²) in [4.78, 5) is 28.9. The van der Waals surface area contributed by atoms with E-state index in [0.717, 1.165) is 16.9 Å². The van der Waals surface area contributed by atoms with Gasteiger partial charge in [-0.2, -0.15) is 5.11 Å². The Bertz CT molecular complexity index is 1100. The molecule has 3 rings (SSSR count). The summed E-state index contributed by atoms with van der Waals surface area (Å²) >= 11 is 0. The Balaban J connectivity index is 1.76. The number of anilines is 2. The van der Waals surface area contributed by atoms with Crippen LogP contribution in [0.2, 0.25) is 0 Å². The van der Waals surface area contributed by atoms with E-state index in [1.165, 1.54) is 13.8 Å². The molecule has 0 aliphatic heterocycles. The molecule has 32 heavy (non-hydrogen) atoms. The molecule has 0 radical (unpaired) electrons. The fourth-order valence-corrected chi connectivity index (χ4v) is 2.94. The zero-order valence-electron chi connectivity index (χ0n) is 18.3. The Morgan fingerprint density at radius 1 is 1.03 bits per heavy atom. The molecule has 0 bridgehead atoms. The summed E-state index contributed by atoms with van der Waals surface area (Å²) in [5, 5.41) is 11.4. The lowest BCUT2D eigenvalue weighted by Crippen LogP contribution is -2.23. The first-order chi connectivity index (χ1) is 15.4. The zero-order valence-corrected chi connectivity index (χ0v) is 18.3. The molecule has 8 heteroatoms. The van der Waals surface area contributed by atoms with Crippen LogP contribution in [0.1, 0.15) is 13.8 Å². The molecule has 0 aliphatic carbocycles. The van der Waals surface area contributed by atoms with Crippen molar-refractivity contribution in [3.8, 4) is 11.3 Å². The third-order valence-corrected chi connectivity index (χ3v) is 4.56. The molecule has 1 heterocycles. The molecule has 0 saturated heterocycles. The number of benzene rings is 2. The Labute approximate surface area is 187 Å². The van der Waals surface area contributed by atoms with Crippen LogP contribution >= 0.6 is 0 Å². The summed E-state index contributed by atoms with van der Waals surface area (Å²) in [6, 6.07) is 18.8. The quantitative estimate of drug-likeness (QED) is 0.394. The highest BCUT2D eigenvalue weighted by Crippen LogP contribution is 2.31. The minimum Gasteiger partial charge on any atom is -0.464 e. The van der Waals surface area contributed by atoms with Crippen molar-refractivity contribution < 1.29 is 14.3 Å². The monoisotopic (exact) mass is 431 g/mol. The van der Waals surface area contributed by atoms with Crippen molar-refractivity contribution >= 4 is 34.6 Å². The molecule has 1 N–H and O–H groups in total. The van der Waals surface area contributed by atoms with Gasteiger partial charge in [0.1, 0.15) is 12.3 Å². The number of pyridine rings is 1. The SMILES string of the molecule is CC(=O)Nc1cc(N(C)CCOC(C)=O)ccc1N=Nc1ccc(-c2ccccn2)cc1. The normalized spacial score (nSPS) is 10.7. The Morgan fingerprint density at radius 2 is 1.81 bits per heavy atom. The summed E-state index contributed by atoms with van der Waals surface area (Å²) in [6.07, 6.45) is 1.75. The number of carbonyl (C=O) groups is 2. The zero-order chi connectivity index (χ0) is 22.9. The van der Waals surface area contributed by atoms with Crippen molar-refractivity contribution in [2.45, 2.75) is 13.8 Å². The minimum atomic E-state index is -0.318. The number of nitrogens with zero attached hydrogens (tertiary/aromatic N) is 4. The molecule has 0 spiro atoms. The maximum absolute atomic E-state index is 11.7. The van der Waals surface area contributed by atoms with E-state index in [9.17, 15) is 9.59 Å². The number of esters is 1. The number of hydrogen-bond acceptors (Lipinski definition) is 7. The summed E-state index contributed by atoms with van der Waals surface area (Å²) in [5.74, 6) is -0.526. The Morgan fingerprint density at radius 3 is 2.47 bits per heavy atom. The van der Waals surface area contributed by atoms with Crippen LogP contribution in [-0.4, -0.2) is 37.1 Å². The molecule has 0 fully saturated rings. The van der Waals surface area contributed by atoms with E-state index in [2.05, 4.69) is 20.5 Å². The van der Waals surface area contributed by atoms with Gasteiger partial charge in [0.15, 0.2) is 0 Å². The van der Waals surface area contributed by atoms with Crippen molar-refractivity contribution in [3.63, 3.8) is 0 Å². The third kappa shape index (κ3) is 6.46. The van der Waals surface area contributed by atoms with Crippen LogP contribution in [0.5, 0.6) is 0 Å². The van der Waals surface area contributed by atoms with Gasteiger partial charge >= 0.3 is 5.97 Å². The van der Waals surface area contributed by atoms with E-state index >= 15 is 0 Å². The first-order valence-electron chi connectivity index (χ1n) is 10.1. The molecule has 0 atom stereocenters. The highest BCUT2D eigenvalue weighted by molar-refractivity contribution is 5.93. The van der Waals surface area contributed by atoms with Crippen LogP contribution in [0.15, 0.2) is 77.1 Å². The van der Waals surface area contributed by atoms with Crippen LogP contribution < -0.4 is 10.2 Å². The number of aromatic nitrogens is 1. The molecule has 1 amide bonds. The highest BCUT2D eigenvalue weighted by Gasteiger charge is 2.09. The lowest BCUT2D eigenvalue weighted by atomic mass is 10.1. The van der Waals surface area contributed by atoms with E-state index in [0.29, 0.717) is 23.6 Å². The summed E-state index contributed by atoms with van der Waals surface area (Å²) < 4.78 is 4.99. The van der Waals surface area contributed by atoms with E-state index in [1.807, 2.05) is 66.5 Å². The van der Waals surface area contributed by atoms with Crippen LogP contribution in [0.3, 0.4) is 0 Å². The van der Waals surface area contributed by atoms with E-state index in [1.54, 1.807) is 12.3 Å². The number of ether oxygens (including phenoxy) is 1. The van der Waals surface area contributed by atoms with Crippen LogP contribution in [0, 0.1) is 0 Å². The fourth-order valence-electron chi connectivity index (χ4n) is 2.94. The van der Waals surface area contributed by atoms with Crippen molar-refractivity contribution in [3.05, 3.63) is 66.9 Å². The summed E-state index contributed by atoms with van der Waals surface area (Å²) in [5.41, 5.74) is 4.48. The third-order valence-electron chi connectivity index (χ3n) is 4.56. The second-order valence-electron chi connectivity index (χ2n) is 7.11. The maximum Gasteiger partial charge on any atom is 0.302 e. The lowest BCUT2D eigenvalue weighted by Gasteiger charge is -2.20. The lowest BCUT2D eigenvalue weighted by molar-refractivity contribution is -0.140. The van der Waals surface area contributed by atoms with Crippen molar-refractivity contribution in [2.75, 3.05) is 30.4 Å². The van der Waals surface area contributed by atoms with Gasteiger partial charge in [-0.05, 0) is 42.5 Å². The van der Waals surface area contributed by atoms with Gasteiger partial charge in [0, 0.05) is 38.3 Å². The molecule has 3 aromatic rings. The number of azo groups is 1. The molecule has 8 nitrogen and oxygen atoms in total. The van der Waals surface area contributed by atoms with E-state index in [-0.39, 0.29) is 18.5 Å². The molecule has 2 aromatic carbocycles. The highest BCUT2D eigenvalue weighted by atomic mass is 16.5. The standard InChI is InChI=1S/C24H25N5O3/c1-17(30)26-24-16-21(29(3)14-15-32-18(2)31)11-12-23(24)28-27-20-9-7-19(8-10-20)22-6-4-5-13-25-22/h4-13,16H,14-15H2,1-3H3,(H,26,30). The average Bonchev–Trinajstić information content (AvgIpc) is 2.78. The van der Waals surface area contributed by atoms with Gasteiger partial charge in [-0.3, -0.25) is 14.6 Å². The van der Waals surface area contributed by atoms with Gasteiger partial charge in [-0.25, -0.2) is 0 Å². The number of likely N-dealkylation sites (N-methyl/N-ethyl adjacent to an activating group) is 1. The first kappa shape index (κ1) is 22.6. The summed E-state index contributed by atoms with van der Waals surface area (Å²) in [6.45, 7) is 3.61. The van der Waals surface area contributed by atoms with Gasteiger partial charge < -0.3 is 15.0 Å². The van der Waals surface area contributed by atoms with Gasteiger partial charge in [0.2, 0.25) is 5.91 Å². The molecular weight excluding hydrogens is 406 g/mol. The Hall–Kier alpha value is -4.07. The van der Waals surface area contributed by atoms with Gasteiger partial charge in [0.25, 0.3) is 0 Å². The Kier molecular flexibility index (Phi) is 7.64. The number of nitrogens with one attached hydrogen (secondary N) is 1. The topological polar surface area (TPSA) is 96.2 Å². The predicted molar refractivity (Wildman–Crippen MR) is 124 cm³/mol. The van der Waals surface area contributed by atoms with Crippen molar-refractivity contribution in [1.29, 1.82) is 0 Å². The molecule has 0 aliphatic rings. The smallest absolute Gasteiger partial charge is 0.302 e. The predicted octanol–water partition coefficient (Wildman–Crippen LogP) is 5.12. The van der Waals surface area contributed by atoms with Gasteiger partial charge in [-0.1, -0.05) is 18.2 Å². The maximum atomic E-state index is 11.7. The first-order valence-corrected chi connectivity index (χ1v) is 10.1. The summed E-state index contributed by atoms with van der Waals surface area (Å²) in [7, 11) is 1.88. The van der Waals surface area contributed by atoms with Crippen molar-refractivity contribution in [1.82, 2.24) is 4.98 Å². The molecule has 0 unspecified atom stereocenters. The van der Waals surface area contributed by atoms with Crippen molar-refractivity contribution in [2.24, 2.45) is 10.2 Å². The number of rotatable bonds is 8. The largest absolute Gasteiger partial charge is 0.464 e. The van der Waals surface area contributed by atoms with Crippen LogP contribution in [-0.2, 0) is 14.3 Å². The number of amides is 1. The minimum absolute atomic E-state index is 0.208. The van der Waals surface area contributed by atoms with E-state index < -0.39 is 0 Å². The molecular formula is C24H25N5O3. The van der Waals surface area contributed by atoms with Crippen LogP contribution in [0.4, 0.5) is 22.7 Å². The second kappa shape index (κ2) is 10.8. The second-order valence-corrected chi connectivity index (χ2v) is 7.11. The van der Waals surface area contributed by atoms with Crippen LogP contribution in [0.25, 0.3) is 11.3 Å². The number of hydrogen-bond donors (Lipinski definition) is 1. The number of carbonyl (C=O) groups excluding carboxylic acids is 2. The molecule has 164 valence electrons. The van der Waals surface area contributed by atoms with E-state index in [4.69, 9.17) is 4.74 Å². The average molecular weight is 431 g/mol. The van der Waals surface area contributed by atoms with Gasteiger partial charge in [0.05, 0.1) is 23.6 Å². The molecule has 0 saturated carbocycles. The van der Waals surface area contributed by atoms with Gasteiger partial charge in [-0.15, -0.1) is 5.11 Å².